The molecule has 5 heteroatoms. The summed E-state index contributed by atoms with van der Waals surface area (Å²) in [5, 5.41) is 0. The number of imidazole rings is 1. The van der Waals surface area contributed by atoms with Gasteiger partial charge in [0, 0.05) is 8.95 Å². The van der Waals surface area contributed by atoms with Crippen LogP contribution in [0.2, 0.25) is 0 Å². The predicted molar refractivity (Wildman–Crippen MR) is 76.9 cm³/mol. The second kappa shape index (κ2) is 4.48. The van der Waals surface area contributed by atoms with Crippen LogP contribution in [-0.4, -0.2) is 9.97 Å². The lowest BCUT2D eigenvalue weighted by molar-refractivity contribution is 0.630. The maximum atomic E-state index is 13.8. The highest BCUT2D eigenvalue weighted by Crippen LogP contribution is 2.27. The van der Waals surface area contributed by atoms with E-state index >= 15 is 0 Å². The summed E-state index contributed by atoms with van der Waals surface area (Å²) < 4.78 is 15.6. The van der Waals surface area contributed by atoms with E-state index in [4.69, 9.17) is 0 Å². The Morgan fingerprint density at radius 3 is 2.56 bits per heavy atom. The van der Waals surface area contributed by atoms with Crippen LogP contribution in [0.25, 0.3) is 22.4 Å². The van der Waals surface area contributed by atoms with Crippen LogP contribution in [0.15, 0.2) is 45.3 Å². The minimum Gasteiger partial charge on any atom is -0.338 e. The highest BCUT2D eigenvalue weighted by molar-refractivity contribution is 9.10. The largest absolute Gasteiger partial charge is 0.338 e. The van der Waals surface area contributed by atoms with Gasteiger partial charge < -0.3 is 4.98 Å². The van der Waals surface area contributed by atoms with Gasteiger partial charge in [0.25, 0.3) is 0 Å². The molecule has 0 saturated heterocycles. The Morgan fingerprint density at radius 2 is 1.72 bits per heavy atom. The summed E-state index contributed by atoms with van der Waals surface area (Å²) in [6, 6.07) is 10.5. The van der Waals surface area contributed by atoms with Crippen LogP contribution in [-0.2, 0) is 0 Å². The molecule has 0 aliphatic carbocycles. The van der Waals surface area contributed by atoms with Crippen molar-refractivity contribution in [1.29, 1.82) is 0 Å². The first-order valence-electron chi connectivity index (χ1n) is 5.24. The summed E-state index contributed by atoms with van der Waals surface area (Å²) in [6.45, 7) is 0. The van der Waals surface area contributed by atoms with E-state index in [9.17, 15) is 4.39 Å². The standard InChI is InChI=1S/C13H7Br2FN2/c14-7-1-3-10(16)9(5-7)13-17-11-4-2-8(15)6-12(11)18-13/h1-6H,(H,17,18). The number of fused-ring (bicyclic) bond motifs is 1. The molecule has 0 aliphatic rings. The van der Waals surface area contributed by atoms with Crippen molar-refractivity contribution in [1.82, 2.24) is 9.97 Å². The lowest BCUT2D eigenvalue weighted by atomic mass is 10.2. The average Bonchev–Trinajstić information content (AvgIpc) is 2.74. The first kappa shape index (κ1) is 11.9. The molecule has 0 bridgehead atoms. The molecule has 0 unspecified atom stereocenters. The Morgan fingerprint density at radius 1 is 1.00 bits per heavy atom. The van der Waals surface area contributed by atoms with Crippen LogP contribution in [0.3, 0.4) is 0 Å². The summed E-state index contributed by atoms with van der Waals surface area (Å²) in [4.78, 5) is 7.51. The number of H-pyrrole nitrogens is 1. The molecule has 2 aromatic carbocycles. The van der Waals surface area contributed by atoms with E-state index in [1.54, 1.807) is 12.1 Å². The van der Waals surface area contributed by atoms with Gasteiger partial charge >= 0.3 is 0 Å². The normalized spacial score (nSPS) is 11.1. The number of rotatable bonds is 1. The van der Waals surface area contributed by atoms with Gasteiger partial charge in [0.2, 0.25) is 0 Å². The number of aromatic amines is 1. The quantitative estimate of drug-likeness (QED) is 0.649. The highest BCUT2D eigenvalue weighted by atomic mass is 79.9. The number of hydrogen-bond donors (Lipinski definition) is 1. The van der Waals surface area contributed by atoms with Crippen molar-refractivity contribution >= 4 is 42.9 Å². The van der Waals surface area contributed by atoms with Crippen molar-refractivity contribution in [3.05, 3.63) is 51.2 Å². The van der Waals surface area contributed by atoms with E-state index < -0.39 is 0 Å². The van der Waals surface area contributed by atoms with Gasteiger partial charge in [-0.1, -0.05) is 31.9 Å². The first-order chi connectivity index (χ1) is 8.63. The molecule has 0 radical (unpaired) electrons. The summed E-state index contributed by atoms with van der Waals surface area (Å²) in [5.41, 5.74) is 2.14. The SMILES string of the molecule is Fc1ccc(Br)cc1-c1nc2ccc(Br)cc2[nH]1. The van der Waals surface area contributed by atoms with Gasteiger partial charge in [0.15, 0.2) is 0 Å². The number of halogens is 3. The Hall–Kier alpha value is -1.20. The van der Waals surface area contributed by atoms with Gasteiger partial charge in [-0.2, -0.15) is 0 Å². The second-order valence-electron chi connectivity index (χ2n) is 3.87. The van der Waals surface area contributed by atoms with Crippen LogP contribution in [0, 0.1) is 5.82 Å². The highest BCUT2D eigenvalue weighted by Gasteiger charge is 2.10. The van der Waals surface area contributed by atoms with Gasteiger partial charge in [0.05, 0.1) is 16.6 Å². The minimum absolute atomic E-state index is 0.295. The van der Waals surface area contributed by atoms with Crippen molar-refractivity contribution < 1.29 is 4.39 Å². The van der Waals surface area contributed by atoms with Gasteiger partial charge in [0.1, 0.15) is 11.6 Å². The molecule has 2 nitrogen and oxygen atoms in total. The van der Waals surface area contributed by atoms with Gasteiger partial charge in [-0.15, -0.1) is 0 Å². The zero-order valence-corrected chi connectivity index (χ0v) is 12.2. The van der Waals surface area contributed by atoms with Crippen molar-refractivity contribution in [2.75, 3.05) is 0 Å². The van der Waals surface area contributed by atoms with Crippen molar-refractivity contribution in [3.63, 3.8) is 0 Å². The molecule has 0 atom stereocenters. The van der Waals surface area contributed by atoms with Crippen LogP contribution in [0.5, 0.6) is 0 Å². The summed E-state index contributed by atoms with van der Waals surface area (Å²) in [7, 11) is 0. The molecule has 0 fully saturated rings. The predicted octanol–water partition coefficient (Wildman–Crippen LogP) is 4.89. The third-order valence-electron chi connectivity index (χ3n) is 2.63. The number of hydrogen-bond acceptors (Lipinski definition) is 1. The molecular formula is C13H7Br2FN2. The molecule has 1 aromatic heterocycles. The molecule has 0 saturated carbocycles. The minimum atomic E-state index is -0.295. The zero-order valence-electron chi connectivity index (χ0n) is 9.05. The van der Waals surface area contributed by atoms with E-state index in [2.05, 4.69) is 41.8 Å². The van der Waals surface area contributed by atoms with Crippen LogP contribution >= 0.6 is 31.9 Å². The fourth-order valence-corrected chi connectivity index (χ4v) is 2.51. The lowest BCUT2D eigenvalue weighted by Crippen LogP contribution is -1.86. The van der Waals surface area contributed by atoms with E-state index in [-0.39, 0.29) is 5.82 Å². The molecule has 0 spiro atoms. The van der Waals surface area contributed by atoms with Crippen LogP contribution < -0.4 is 0 Å². The maximum absolute atomic E-state index is 13.8. The number of nitrogens with one attached hydrogen (secondary N) is 1. The van der Waals surface area contributed by atoms with Gasteiger partial charge in [-0.3, -0.25) is 0 Å². The molecule has 3 rings (SSSR count). The molecule has 3 aromatic rings. The van der Waals surface area contributed by atoms with E-state index in [0.717, 1.165) is 20.0 Å². The van der Waals surface area contributed by atoms with Crippen molar-refractivity contribution in [2.24, 2.45) is 0 Å². The summed E-state index contributed by atoms with van der Waals surface area (Å²) >= 11 is 6.73. The maximum Gasteiger partial charge on any atom is 0.141 e. The smallest absolute Gasteiger partial charge is 0.141 e. The van der Waals surface area contributed by atoms with E-state index in [1.807, 2.05) is 18.2 Å². The summed E-state index contributed by atoms with van der Waals surface area (Å²) in [6.07, 6.45) is 0. The number of benzene rings is 2. The molecule has 18 heavy (non-hydrogen) atoms. The topological polar surface area (TPSA) is 28.7 Å². The van der Waals surface area contributed by atoms with Crippen LogP contribution in [0.1, 0.15) is 0 Å². The Balaban J connectivity index is 2.22. The van der Waals surface area contributed by atoms with Gasteiger partial charge in [-0.05, 0) is 36.4 Å². The number of nitrogens with zero attached hydrogens (tertiary/aromatic N) is 1. The van der Waals surface area contributed by atoms with E-state index in [1.165, 1.54) is 6.07 Å². The van der Waals surface area contributed by atoms with E-state index in [0.29, 0.717) is 11.4 Å². The molecule has 0 amide bonds. The zero-order chi connectivity index (χ0) is 12.7. The molecule has 0 aliphatic heterocycles. The third kappa shape index (κ3) is 2.08. The Bertz CT molecular complexity index is 737. The Kier molecular flexibility index (Phi) is 2.95. The number of aromatic nitrogens is 2. The Labute approximate surface area is 119 Å². The van der Waals surface area contributed by atoms with Crippen molar-refractivity contribution in [3.8, 4) is 11.4 Å². The van der Waals surface area contributed by atoms with Crippen LogP contribution in [0.4, 0.5) is 4.39 Å². The third-order valence-corrected chi connectivity index (χ3v) is 3.61. The van der Waals surface area contributed by atoms with Gasteiger partial charge in [-0.25, -0.2) is 9.37 Å². The summed E-state index contributed by atoms with van der Waals surface area (Å²) in [5.74, 6) is 0.234. The first-order valence-corrected chi connectivity index (χ1v) is 6.83. The fraction of sp³-hybridized carbons (Fsp3) is 0. The molecule has 1 N–H and O–H groups in total. The lowest BCUT2D eigenvalue weighted by Gasteiger charge is -1.99. The molecule has 90 valence electrons. The monoisotopic (exact) mass is 368 g/mol. The second-order valence-corrected chi connectivity index (χ2v) is 5.70. The molecule has 1 heterocycles. The molecular weight excluding hydrogens is 363 g/mol. The average molecular weight is 370 g/mol. The fourth-order valence-electron chi connectivity index (χ4n) is 1.79. The van der Waals surface area contributed by atoms with Crippen molar-refractivity contribution in [2.45, 2.75) is 0 Å².